The molecule has 1 aliphatic heterocycles. The second kappa shape index (κ2) is 3.97. The summed E-state index contributed by atoms with van der Waals surface area (Å²) in [7, 11) is 0. The van der Waals surface area contributed by atoms with Crippen molar-refractivity contribution in [2.45, 2.75) is 6.42 Å². The molecule has 0 aliphatic carbocycles. The number of benzene rings is 1. The molecule has 0 fully saturated rings. The van der Waals surface area contributed by atoms with Gasteiger partial charge in [0, 0.05) is 11.9 Å². The largest absolute Gasteiger partial charge is 0.361 e. The molecule has 0 bridgehead atoms. The SMILES string of the molecule is C=CCc1ccc2c(c1)C=CC=CN2. The molecule has 0 radical (unpaired) electrons. The molecule has 1 heteroatoms. The third-order valence-electron chi connectivity index (χ3n) is 2.22. The van der Waals surface area contributed by atoms with Crippen molar-refractivity contribution >= 4 is 11.8 Å². The van der Waals surface area contributed by atoms with Gasteiger partial charge in [-0.25, -0.2) is 0 Å². The van der Waals surface area contributed by atoms with Crippen LogP contribution in [0.5, 0.6) is 0 Å². The molecule has 70 valence electrons. The van der Waals surface area contributed by atoms with Gasteiger partial charge in [-0.1, -0.05) is 24.3 Å². The van der Waals surface area contributed by atoms with Crippen molar-refractivity contribution in [1.29, 1.82) is 0 Å². The first-order chi connectivity index (χ1) is 6.90. The molecule has 0 saturated carbocycles. The van der Waals surface area contributed by atoms with Crippen molar-refractivity contribution in [3.8, 4) is 0 Å². The highest BCUT2D eigenvalue weighted by Crippen LogP contribution is 2.21. The molecule has 1 N–H and O–H groups in total. The first-order valence-electron chi connectivity index (χ1n) is 4.74. The fraction of sp³-hybridized carbons (Fsp3) is 0.0769. The second-order valence-electron chi connectivity index (χ2n) is 3.28. The fourth-order valence-corrected chi connectivity index (χ4v) is 1.53. The first kappa shape index (κ1) is 8.82. The molecule has 1 nitrogen and oxygen atoms in total. The third-order valence-corrected chi connectivity index (χ3v) is 2.22. The lowest BCUT2D eigenvalue weighted by Gasteiger charge is -2.06. The van der Waals surface area contributed by atoms with E-state index in [-0.39, 0.29) is 0 Å². The van der Waals surface area contributed by atoms with E-state index in [1.54, 1.807) is 0 Å². The Morgan fingerprint density at radius 3 is 3.07 bits per heavy atom. The van der Waals surface area contributed by atoms with Crippen LogP contribution >= 0.6 is 0 Å². The van der Waals surface area contributed by atoms with Gasteiger partial charge in [0.15, 0.2) is 0 Å². The number of allylic oxidation sites excluding steroid dienone is 3. The van der Waals surface area contributed by atoms with Crippen molar-refractivity contribution in [2.24, 2.45) is 0 Å². The Morgan fingerprint density at radius 1 is 1.29 bits per heavy atom. The van der Waals surface area contributed by atoms with Crippen LogP contribution in [0, 0.1) is 0 Å². The van der Waals surface area contributed by atoms with Crippen molar-refractivity contribution in [3.05, 3.63) is 60.3 Å². The van der Waals surface area contributed by atoms with Gasteiger partial charge in [0.25, 0.3) is 0 Å². The van der Waals surface area contributed by atoms with Gasteiger partial charge < -0.3 is 5.32 Å². The maximum atomic E-state index is 3.74. The van der Waals surface area contributed by atoms with Crippen LogP contribution in [0.4, 0.5) is 5.69 Å². The van der Waals surface area contributed by atoms with E-state index in [2.05, 4.69) is 36.2 Å². The van der Waals surface area contributed by atoms with Crippen LogP contribution in [-0.4, -0.2) is 0 Å². The number of hydrogen-bond donors (Lipinski definition) is 1. The molecule has 2 rings (SSSR count). The molecular formula is C13H13N. The Balaban J connectivity index is 2.38. The zero-order chi connectivity index (χ0) is 9.80. The Bertz CT molecular complexity index is 400. The molecular weight excluding hydrogens is 170 g/mol. The molecule has 0 spiro atoms. The van der Waals surface area contributed by atoms with Gasteiger partial charge in [-0.15, -0.1) is 6.58 Å². The minimum absolute atomic E-state index is 0.925. The molecule has 0 amide bonds. The van der Waals surface area contributed by atoms with E-state index < -0.39 is 0 Å². The molecule has 1 aromatic rings. The van der Waals surface area contributed by atoms with Gasteiger partial charge in [-0.2, -0.15) is 0 Å². The molecule has 14 heavy (non-hydrogen) atoms. The Labute approximate surface area is 84.5 Å². The van der Waals surface area contributed by atoms with Gasteiger partial charge in [0.2, 0.25) is 0 Å². The average Bonchev–Trinajstić information content (AvgIpc) is 2.42. The zero-order valence-electron chi connectivity index (χ0n) is 8.03. The standard InChI is InChI=1S/C13H13N/c1-2-5-11-7-8-13-12(10-11)6-3-4-9-14-13/h2-4,6-10,14H,1,5H2. The summed E-state index contributed by atoms with van der Waals surface area (Å²) in [5.41, 5.74) is 3.68. The van der Waals surface area contributed by atoms with Crippen molar-refractivity contribution in [3.63, 3.8) is 0 Å². The Hall–Kier alpha value is -1.76. The number of fused-ring (bicyclic) bond motifs is 1. The highest BCUT2D eigenvalue weighted by molar-refractivity contribution is 5.70. The Kier molecular flexibility index (Phi) is 2.50. The van der Waals surface area contributed by atoms with E-state index >= 15 is 0 Å². The summed E-state index contributed by atoms with van der Waals surface area (Å²) in [4.78, 5) is 0. The van der Waals surface area contributed by atoms with Crippen LogP contribution in [0.25, 0.3) is 6.08 Å². The zero-order valence-corrected chi connectivity index (χ0v) is 8.03. The van der Waals surface area contributed by atoms with E-state index in [1.807, 2.05) is 24.4 Å². The van der Waals surface area contributed by atoms with E-state index in [0.717, 1.165) is 12.1 Å². The number of nitrogens with one attached hydrogen (secondary N) is 1. The van der Waals surface area contributed by atoms with E-state index in [9.17, 15) is 0 Å². The van der Waals surface area contributed by atoms with Crippen molar-refractivity contribution in [2.75, 3.05) is 5.32 Å². The summed E-state index contributed by atoms with van der Waals surface area (Å²) < 4.78 is 0. The molecule has 1 heterocycles. The predicted octanol–water partition coefficient (Wildman–Crippen LogP) is 3.37. The molecule has 1 aliphatic rings. The topological polar surface area (TPSA) is 12.0 Å². The fourth-order valence-electron chi connectivity index (χ4n) is 1.53. The van der Waals surface area contributed by atoms with Crippen molar-refractivity contribution in [1.82, 2.24) is 0 Å². The number of anilines is 1. The molecule has 1 aromatic carbocycles. The van der Waals surface area contributed by atoms with Gasteiger partial charge in [-0.05, 0) is 35.8 Å². The molecule has 0 unspecified atom stereocenters. The van der Waals surface area contributed by atoms with Crippen LogP contribution in [0.2, 0.25) is 0 Å². The summed E-state index contributed by atoms with van der Waals surface area (Å²) >= 11 is 0. The van der Waals surface area contributed by atoms with Gasteiger partial charge in [0.05, 0.1) is 0 Å². The van der Waals surface area contributed by atoms with Gasteiger partial charge in [0.1, 0.15) is 0 Å². The summed E-state index contributed by atoms with van der Waals surface area (Å²) in [6.07, 6.45) is 10.9. The van der Waals surface area contributed by atoms with Crippen molar-refractivity contribution < 1.29 is 0 Å². The lowest BCUT2D eigenvalue weighted by atomic mass is 10.1. The van der Waals surface area contributed by atoms with Crippen LogP contribution in [0.3, 0.4) is 0 Å². The summed E-state index contributed by atoms with van der Waals surface area (Å²) in [6.45, 7) is 3.74. The summed E-state index contributed by atoms with van der Waals surface area (Å²) in [6, 6.07) is 6.42. The number of rotatable bonds is 2. The Morgan fingerprint density at radius 2 is 2.21 bits per heavy atom. The van der Waals surface area contributed by atoms with Crippen LogP contribution in [0.15, 0.2) is 49.2 Å². The van der Waals surface area contributed by atoms with E-state index in [4.69, 9.17) is 0 Å². The summed E-state index contributed by atoms with van der Waals surface area (Å²) in [5.74, 6) is 0. The molecule has 0 aromatic heterocycles. The third kappa shape index (κ3) is 1.77. The maximum absolute atomic E-state index is 3.74. The normalized spacial score (nSPS) is 12.9. The highest BCUT2D eigenvalue weighted by atomic mass is 14.8. The minimum Gasteiger partial charge on any atom is -0.361 e. The first-order valence-corrected chi connectivity index (χ1v) is 4.74. The smallest absolute Gasteiger partial charge is 0.0453 e. The average molecular weight is 183 g/mol. The minimum atomic E-state index is 0.925. The van der Waals surface area contributed by atoms with E-state index in [1.165, 1.54) is 11.1 Å². The highest BCUT2D eigenvalue weighted by Gasteiger charge is 2.00. The van der Waals surface area contributed by atoms with Gasteiger partial charge >= 0.3 is 0 Å². The van der Waals surface area contributed by atoms with Gasteiger partial charge in [-0.3, -0.25) is 0 Å². The predicted molar refractivity (Wildman–Crippen MR) is 62.1 cm³/mol. The monoisotopic (exact) mass is 183 g/mol. The molecule has 0 atom stereocenters. The number of hydrogen-bond acceptors (Lipinski definition) is 1. The van der Waals surface area contributed by atoms with Crippen LogP contribution in [-0.2, 0) is 6.42 Å². The maximum Gasteiger partial charge on any atom is 0.0453 e. The molecule has 0 saturated heterocycles. The van der Waals surface area contributed by atoms with E-state index in [0.29, 0.717) is 0 Å². The lowest BCUT2D eigenvalue weighted by molar-refractivity contribution is 1.27. The van der Waals surface area contributed by atoms with Crippen LogP contribution in [0.1, 0.15) is 11.1 Å². The quantitative estimate of drug-likeness (QED) is 0.693. The van der Waals surface area contributed by atoms with Crippen LogP contribution < -0.4 is 5.32 Å². The summed E-state index contributed by atoms with van der Waals surface area (Å²) in [5, 5.41) is 3.23. The second-order valence-corrected chi connectivity index (χ2v) is 3.28. The lowest BCUT2D eigenvalue weighted by Crippen LogP contribution is -1.91.